The first kappa shape index (κ1) is 22.0. The second-order valence-electron chi connectivity index (χ2n) is 6.66. The van der Waals surface area contributed by atoms with Gasteiger partial charge in [-0.25, -0.2) is 4.79 Å². The van der Waals surface area contributed by atoms with Crippen LogP contribution in [0.15, 0.2) is 51.7 Å². The van der Waals surface area contributed by atoms with E-state index in [1.54, 1.807) is 24.3 Å². The Labute approximate surface area is 180 Å². The second-order valence-corrected chi connectivity index (χ2v) is 7.10. The molecule has 0 bridgehead atoms. The van der Waals surface area contributed by atoms with Crippen molar-refractivity contribution in [3.05, 3.63) is 68.2 Å². The Morgan fingerprint density at radius 2 is 2.06 bits per heavy atom. The average molecular weight is 448 g/mol. The van der Waals surface area contributed by atoms with Gasteiger partial charge in [-0.2, -0.15) is 0 Å². The normalized spacial score (nSPS) is 11.8. The number of fused-ring (bicyclic) bond motifs is 1. The molecule has 1 atom stereocenters. The van der Waals surface area contributed by atoms with E-state index < -0.39 is 28.7 Å². The number of carbonyl (C=O) groups is 2. The van der Waals surface area contributed by atoms with Gasteiger partial charge in [-0.3, -0.25) is 24.3 Å². The summed E-state index contributed by atoms with van der Waals surface area (Å²) in [5.41, 5.74) is 0.764. The van der Waals surface area contributed by atoms with Crippen LogP contribution in [-0.2, 0) is 20.9 Å². The van der Waals surface area contributed by atoms with Crippen LogP contribution in [0.1, 0.15) is 19.8 Å². The van der Waals surface area contributed by atoms with E-state index >= 15 is 0 Å². The predicted octanol–water partition coefficient (Wildman–Crippen LogP) is 3.51. The van der Waals surface area contributed by atoms with Gasteiger partial charge in [-0.15, -0.1) is 0 Å². The molecule has 0 radical (unpaired) electrons. The molecule has 1 amide bonds. The van der Waals surface area contributed by atoms with Crippen LogP contribution in [-0.4, -0.2) is 27.5 Å². The number of oxazole rings is 1. The van der Waals surface area contributed by atoms with Gasteiger partial charge in [0.15, 0.2) is 11.7 Å². The fourth-order valence-electron chi connectivity index (χ4n) is 2.88. The standard InChI is InChI=1S/C20H18ClN3O7/c1-12(19(26)22-14-5-2-4-13(21)10-14)30-18(25)6-3-9-23-16-8-7-15(24(28)29)11-17(16)31-20(23)27/h2,4-5,7-8,10-12H,3,6,9H2,1H3,(H,22,26). The van der Waals surface area contributed by atoms with Crippen LogP contribution in [0.5, 0.6) is 0 Å². The summed E-state index contributed by atoms with van der Waals surface area (Å²) in [5, 5.41) is 13.9. The topological polar surface area (TPSA) is 134 Å². The van der Waals surface area contributed by atoms with Crippen molar-refractivity contribution in [3.8, 4) is 0 Å². The number of hydrogen-bond acceptors (Lipinski definition) is 7. The second kappa shape index (κ2) is 9.43. The molecule has 0 saturated heterocycles. The van der Waals surface area contributed by atoms with Crippen LogP contribution in [0.4, 0.5) is 11.4 Å². The van der Waals surface area contributed by atoms with Crippen molar-refractivity contribution in [2.45, 2.75) is 32.4 Å². The summed E-state index contributed by atoms with van der Waals surface area (Å²) in [6.07, 6.45) is -0.821. The number of halogens is 1. The molecule has 1 N–H and O–H groups in total. The first-order valence-corrected chi connectivity index (χ1v) is 9.66. The summed E-state index contributed by atoms with van der Waals surface area (Å²) in [6, 6.07) is 10.4. The first-order valence-electron chi connectivity index (χ1n) is 9.28. The van der Waals surface area contributed by atoms with Gasteiger partial charge in [-0.05, 0) is 37.6 Å². The number of ether oxygens (including phenoxy) is 1. The molecule has 0 aliphatic carbocycles. The van der Waals surface area contributed by atoms with Crippen molar-refractivity contribution in [1.82, 2.24) is 4.57 Å². The van der Waals surface area contributed by atoms with Crippen molar-refractivity contribution in [2.24, 2.45) is 0 Å². The Bertz CT molecular complexity index is 1200. The van der Waals surface area contributed by atoms with Crippen molar-refractivity contribution >= 4 is 46.0 Å². The summed E-state index contributed by atoms with van der Waals surface area (Å²) in [5.74, 6) is -1.79. The van der Waals surface area contributed by atoms with E-state index in [0.29, 0.717) is 16.2 Å². The number of rotatable bonds is 8. The molecule has 0 aliphatic heterocycles. The smallest absolute Gasteiger partial charge is 0.419 e. The Hall–Kier alpha value is -3.66. The van der Waals surface area contributed by atoms with Crippen molar-refractivity contribution in [1.29, 1.82) is 0 Å². The Morgan fingerprint density at radius 3 is 2.77 bits per heavy atom. The maximum Gasteiger partial charge on any atom is 0.419 e. The van der Waals surface area contributed by atoms with Crippen LogP contribution < -0.4 is 11.1 Å². The van der Waals surface area contributed by atoms with Crippen molar-refractivity contribution in [3.63, 3.8) is 0 Å². The van der Waals surface area contributed by atoms with E-state index in [2.05, 4.69) is 5.32 Å². The summed E-state index contributed by atoms with van der Waals surface area (Å²) in [6.45, 7) is 1.58. The molecule has 1 heterocycles. The van der Waals surface area contributed by atoms with E-state index in [9.17, 15) is 24.5 Å². The van der Waals surface area contributed by atoms with Crippen LogP contribution in [0.25, 0.3) is 11.1 Å². The highest BCUT2D eigenvalue weighted by molar-refractivity contribution is 6.30. The fourth-order valence-corrected chi connectivity index (χ4v) is 3.07. The lowest BCUT2D eigenvalue weighted by Crippen LogP contribution is -2.30. The molecule has 0 fully saturated rings. The number of nitrogens with one attached hydrogen (secondary N) is 1. The van der Waals surface area contributed by atoms with E-state index in [-0.39, 0.29) is 30.7 Å². The minimum Gasteiger partial charge on any atom is -0.453 e. The van der Waals surface area contributed by atoms with Gasteiger partial charge >= 0.3 is 11.7 Å². The fraction of sp³-hybridized carbons (Fsp3) is 0.250. The highest BCUT2D eigenvalue weighted by Gasteiger charge is 2.19. The summed E-state index contributed by atoms with van der Waals surface area (Å²) in [4.78, 5) is 46.5. The van der Waals surface area contributed by atoms with Gasteiger partial charge in [0.25, 0.3) is 11.6 Å². The molecule has 162 valence electrons. The molecule has 2 aromatic carbocycles. The average Bonchev–Trinajstić information content (AvgIpc) is 3.02. The zero-order valence-corrected chi connectivity index (χ0v) is 17.1. The minimum absolute atomic E-state index is 0.0408. The SMILES string of the molecule is CC(OC(=O)CCCn1c(=O)oc2cc([N+](=O)[O-])ccc21)C(=O)Nc1cccc(Cl)c1. The lowest BCUT2D eigenvalue weighted by Gasteiger charge is -2.13. The Morgan fingerprint density at radius 1 is 1.29 bits per heavy atom. The number of non-ortho nitro benzene ring substituents is 1. The van der Waals surface area contributed by atoms with Crippen molar-refractivity contribution in [2.75, 3.05) is 5.32 Å². The first-order chi connectivity index (χ1) is 14.7. The number of aryl methyl sites for hydroxylation is 1. The van der Waals surface area contributed by atoms with Gasteiger partial charge in [0.05, 0.1) is 16.5 Å². The van der Waals surface area contributed by atoms with E-state index in [4.69, 9.17) is 20.8 Å². The summed E-state index contributed by atoms with van der Waals surface area (Å²) in [7, 11) is 0. The molecule has 0 aliphatic rings. The number of esters is 1. The van der Waals surface area contributed by atoms with Crippen LogP contribution >= 0.6 is 11.6 Å². The zero-order chi connectivity index (χ0) is 22.5. The molecule has 0 saturated carbocycles. The number of nitro groups is 1. The molecule has 3 aromatic rings. The molecule has 10 nitrogen and oxygen atoms in total. The molecular formula is C20H18ClN3O7. The molecule has 0 spiro atoms. The quantitative estimate of drug-likeness (QED) is 0.317. The highest BCUT2D eigenvalue weighted by Crippen LogP contribution is 2.20. The molecule has 1 aromatic heterocycles. The van der Waals surface area contributed by atoms with E-state index in [1.165, 1.54) is 29.7 Å². The summed E-state index contributed by atoms with van der Waals surface area (Å²) < 4.78 is 11.4. The number of anilines is 1. The molecular weight excluding hydrogens is 430 g/mol. The third kappa shape index (κ3) is 5.48. The van der Waals surface area contributed by atoms with Gasteiger partial charge in [0.1, 0.15) is 0 Å². The van der Waals surface area contributed by atoms with Gasteiger partial charge in [-0.1, -0.05) is 17.7 Å². The lowest BCUT2D eigenvalue weighted by atomic mass is 10.2. The largest absolute Gasteiger partial charge is 0.453 e. The number of aromatic nitrogens is 1. The molecule has 11 heteroatoms. The third-order valence-corrected chi connectivity index (χ3v) is 4.63. The van der Waals surface area contributed by atoms with E-state index in [0.717, 1.165) is 0 Å². The molecule has 1 unspecified atom stereocenters. The van der Waals surface area contributed by atoms with E-state index in [1.807, 2.05) is 0 Å². The number of hydrogen-bond donors (Lipinski definition) is 1. The number of carbonyl (C=O) groups excluding carboxylic acids is 2. The van der Waals surface area contributed by atoms with Crippen LogP contribution in [0.2, 0.25) is 5.02 Å². The maximum atomic E-state index is 12.1. The lowest BCUT2D eigenvalue weighted by molar-refractivity contribution is -0.384. The van der Waals surface area contributed by atoms with Crippen LogP contribution in [0, 0.1) is 10.1 Å². The third-order valence-electron chi connectivity index (χ3n) is 4.39. The Balaban J connectivity index is 1.53. The zero-order valence-electron chi connectivity index (χ0n) is 16.4. The maximum absolute atomic E-state index is 12.1. The van der Waals surface area contributed by atoms with Crippen LogP contribution in [0.3, 0.4) is 0 Å². The van der Waals surface area contributed by atoms with Gasteiger partial charge in [0, 0.05) is 29.7 Å². The molecule has 3 rings (SSSR count). The molecule has 31 heavy (non-hydrogen) atoms. The number of benzene rings is 2. The van der Waals surface area contributed by atoms with Crippen molar-refractivity contribution < 1.29 is 23.7 Å². The predicted molar refractivity (Wildman–Crippen MR) is 112 cm³/mol. The minimum atomic E-state index is -1.02. The summed E-state index contributed by atoms with van der Waals surface area (Å²) >= 11 is 5.86. The number of nitro benzene ring substituents is 1. The Kier molecular flexibility index (Phi) is 6.71. The number of amides is 1. The van der Waals surface area contributed by atoms with Gasteiger partial charge in [0.2, 0.25) is 0 Å². The highest BCUT2D eigenvalue weighted by atomic mass is 35.5. The number of nitrogens with zero attached hydrogens (tertiary/aromatic N) is 2. The monoisotopic (exact) mass is 447 g/mol. The van der Waals surface area contributed by atoms with Gasteiger partial charge < -0.3 is 14.5 Å².